The molecule has 2 atom stereocenters. The van der Waals surface area contributed by atoms with Crippen LogP contribution in [0.25, 0.3) is 0 Å². The lowest BCUT2D eigenvalue weighted by Crippen LogP contribution is -2.40. The van der Waals surface area contributed by atoms with Gasteiger partial charge < -0.3 is 10.6 Å². The van der Waals surface area contributed by atoms with Gasteiger partial charge in [0.15, 0.2) is 0 Å². The lowest BCUT2D eigenvalue weighted by Gasteiger charge is -2.23. The predicted molar refractivity (Wildman–Crippen MR) is 59.4 cm³/mol. The molecule has 1 aliphatic heterocycles. The van der Waals surface area contributed by atoms with Gasteiger partial charge in [-0.3, -0.25) is 4.79 Å². The topological polar surface area (TPSA) is 46.3 Å². The second kappa shape index (κ2) is 4.41. The van der Waals surface area contributed by atoms with Gasteiger partial charge in [0.2, 0.25) is 0 Å². The van der Waals surface area contributed by atoms with Crippen molar-refractivity contribution < 1.29 is 13.6 Å². The van der Waals surface area contributed by atoms with E-state index in [4.69, 9.17) is 5.73 Å². The van der Waals surface area contributed by atoms with Crippen molar-refractivity contribution in [2.75, 3.05) is 6.54 Å². The molecule has 0 aromatic heterocycles. The number of nitrogens with two attached hydrogens (primary N) is 1. The van der Waals surface area contributed by atoms with Crippen molar-refractivity contribution >= 4 is 5.91 Å². The van der Waals surface area contributed by atoms with Gasteiger partial charge in [-0.05, 0) is 25.5 Å². The molecule has 1 saturated heterocycles. The molecule has 1 aromatic carbocycles. The smallest absolute Gasteiger partial charge is 0.254 e. The molecule has 0 saturated carbocycles. The van der Waals surface area contributed by atoms with Gasteiger partial charge in [0.1, 0.15) is 11.6 Å². The molecule has 17 heavy (non-hydrogen) atoms. The molecule has 1 aromatic rings. The van der Waals surface area contributed by atoms with Crippen molar-refractivity contribution in [3.8, 4) is 0 Å². The number of carbonyl (C=O) groups excluding carboxylic acids is 1. The Hall–Kier alpha value is -1.49. The summed E-state index contributed by atoms with van der Waals surface area (Å²) in [5, 5.41) is 0. The third kappa shape index (κ3) is 2.29. The molecule has 0 spiro atoms. The van der Waals surface area contributed by atoms with E-state index in [1.807, 2.05) is 6.92 Å². The van der Waals surface area contributed by atoms with Crippen LogP contribution in [0.4, 0.5) is 8.78 Å². The van der Waals surface area contributed by atoms with Crippen LogP contribution in [0.15, 0.2) is 18.2 Å². The largest absolute Gasteiger partial charge is 0.334 e. The summed E-state index contributed by atoms with van der Waals surface area (Å²) in [5.74, 6) is -1.86. The zero-order valence-corrected chi connectivity index (χ0v) is 9.49. The van der Waals surface area contributed by atoms with Crippen LogP contribution in [0.2, 0.25) is 0 Å². The van der Waals surface area contributed by atoms with Crippen molar-refractivity contribution in [2.45, 2.75) is 25.4 Å². The first-order chi connectivity index (χ1) is 7.99. The predicted octanol–water partition coefficient (Wildman–Crippen LogP) is 1.53. The lowest BCUT2D eigenvalue weighted by atomic mass is 10.1. The van der Waals surface area contributed by atoms with Crippen LogP contribution in [0, 0.1) is 11.6 Å². The molecule has 0 bridgehead atoms. The van der Waals surface area contributed by atoms with Crippen LogP contribution in [-0.2, 0) is 0 Å². The summed E-state index contributed by atoms with van der Waals surface area (Å²) < 4.78 is 26.0. The van der Waals surface area contributed by atoms with Gasteiger partial charge in [0, 0.05) is 30.3 Å². The number of halogens is 2. The van der Waals surface area contributed by atoms with E-state index in [-0.39, 0.29) is 23.6 Å². The van der Waals surface area contributed by atoms with E-state index in [1.165, 1.54) is 0 Å². The Kier molecular flexibility index (Phi) is 3.11. The Labute approximate surface area is 98.2 Å². The molecule has 1 fully saturated rings. The zero-order chi connectivity index (χ0) is 12.6. The lowest BCUT2D eigenvalue weighted by molar-refractivity contribution is 0.0741. The van der Waals surface area contributed by atoms with Crippen LogP contribution in [0.1, 0.15) is 23.7 Å². The van der Waals surface area contributed by atoms with Gasteiger partial charge >= 0.3 is 0 Å². The maximum atomic E-state index is 13.0. The third-order valence-electron chi connectivity index (χ3n) is 3.18. The average Bonchev–Trinajstić information content (AvgIpc) is 2.57. The molecule has 92 valence electrons. The Morgan fingerprint density at radius 3 is 2.41 bits per heavy atom. The monoisotopic (exact) mass is 240 g/mol. The molecule has 2 unspecified atom stereocenters. The molecule has 1 heterocycles. The summed E-state index contributed by atoms with van der Waals surface area (Å²) in [4.78, 5) is 13.6. The Morgan fingerprint density at radius 2 is 1.94 bits per heavy atom. The summed E-state index contributed by atoms with van der Waals surface area (Å²) in [5.41, 5.74) is 5.83. The van der Waals surface area contributed by atoms with Crippen LogP contribution in [-0.4, -0.2) is 29.4 Å². The summed E-state index contributed by atoms with van der Waals surface area (Å²) in [6.45, 7) is 2.37. The van der Waals surface area contributed by atoms with Crippen molar-refractivity contribution in [2.24, 2.45) is 5.73 Å². The number of nitrogens with zero attached hydrogens (tertiary/aromatic N) is 1. The van der Waals surface area contributed by atoms with Crippen molar-refractivity contribution in [3.63, 3.8) is 0 Å². The van der Waals surface area contributed by atoms with Crippen LogP contribution in [0.5, 0.6) is 0 Å². The SMILES string of the molecule is CC1C(N)CCN1C(=O)c1cc(F)cc(F)c1. The van der Waals surface area contributed by atoms with E-state index in [0.29, 0.717) is 13.0 Å². The van der Waals surface area contributed by atoms with E-state index in [2.05, 4.69) is 0 Å². The minimum atomic E-state index is -0.746. The van der Waals surface area contributed by atoms with E-state index < -0.39 is 11.6 Å². The molecule has 2 rings (SSSR count). The zero-order valence-electron chi connectivity index (χ0n) is 9.49. The molecule has 3 nitrogen and oxygen atoms in total. The average molecular weight is 240 g/mol. The van der Waals surface area contributed by atoms with E-state index >= 15 is 0 Å². The number of likely N-dealkylation sites (tertiary alicyclic amines) is 1. The number of hydrogen-bond donors (Lipinski definition) is 1. The van der Waals surface area contributed by atoms with Gasteiger partial charge in [0.05, 0.1) is 0 Å². The minimum absolute atomic E-state index is 0.0310. The first-order valence-electron chi connectivity index (χ1n) is 5.51. The normalized spacial score (nSPS) is 24.1. The minimum Gasteiger partial charge on any atom is -0.334 e. The second-order valence-electron chi connectivity index (χ2n) is 4.35. The molecular formula is C12H14F2N2O. The number of hydrogen-bond acceptors (Lipinski definition) is 2. The van der Waals surface area contributed by atoms with Gasteiger partial charge in [-0.1, -0.05) is 0 Å². The third-order valence-corrected chi connectivity index (χ3v) is 3.18. The second-order valence-corrected chi connectivity index (χ2v) is 4.35. The van der Waals surface area contributed by atoms with Gasteiger partial charge in [-0.15, -0.1) is 0 Å². The fourth-order valence-electron chi connectivity index (χ4n) is 2.09. The number of carbonyl (C=O) groups is 1. The number of benzene rings is 1. The van der Waals surface area contributed by atoms with E-state index in [1.54, 1.807) is 4.90 Å². The molecule has 1 aliphatic rings. The number of rotatable bonds is 1. The quantitative estimate of drug-likeness (QED) is 0.809. The highest BCUT2D eigenvalue weighted by Crippen LogP contribution is 2.19. The summed E-state index contributed by atoms with van der Waals surface area (Å²) >= 11 is 0. The molecule has 1 amide bonds. The Bertz CT molecular complexity index is 430. The molecular weight excluding hydrogens is 226 g/mol. The molecule has 5 heteroatoms. The maximum absolute atomic E-state index is 13.0. The fraction of sp³-hybridized carbons (Fsp3) is 0.417. The molecule has 2 N–H and O–H groups in total. The van der Waals surface area contributed by atoms with Gasteiger partial charge in [-0.2, -0.15) is 0 Å². The maximum Gasteiger partial charge on any atom is 0.254 e. The Balaban J connectivity index is 2.25. The van der Waals surface area contributed by atoms with Crippen molar-refractivity contribution in [1.29, 1.82) is 0 Å². The summed E-state index contributed by atoms with van der Waals surface area (Å²) in [6.07, 6.45) is 0.713. The fourth-order valence-corrected chi connectivity index (χ4v) is 2.09. The Morgan fingerprint density at radius 1 is 1.35 bits per heavy atom. The molecule has 0 radical (unpaired) electrons. The first-order valence-corrected chi connectivity index (χ1v) is 5.51. The van der Waals surface area contributed by atoms with Gasteiger partial charge in [0.25, 0.3) is 5.91 Å². The summed E-state index contributed by atoms with van der Waals surface area (Å²) in [7, 11) is 0. The first kappa shape index (κ1) is 12.0. The van der Waals surface area contributed by atoms with Crippen LogP contribution < -0.4 is 5.73 Å². The van der Waals surface area contributed by atoms with Crippen molar-refractivity contribution in [1.82, 2.24) is 4.90 Å². The van der Waals surface area contributed by atoms with E-state index in [9.17, 15) is 13.6 Å². The molecule has 0 aliphatic carbocycles. The highest BCUT2D eigenvalue weighted by molar-refractivity contribution is 5.94. The summed E-state index contributed by atoms with van der Waals surface area (Å²) in [6, 6.07) is 2.66. The number of amides is 1. The van der Waals surface area contributed by atoms with Crippen LogP contribution in [0.3, 0.4) is 0 Å². The van der Waals surface area contributed by atoms with E-state index in [0.717, 1.165) is 18.2 Å². The standard InChI is InChI=1S/C12H14F2N2O/c1-7-11(15)2-3-16(7)12(17)8-4-9(13)6-10(14)5-8/h4-7,11H,2-3,15H2,1H3. The highest BCUT2D eigenvalue weighted by atomic mass is 19.1. The van der Waals surface area contributed by atoms with Crippen molar-refractivity contribution in [3.05, 3.63) is 35.4 Å². The van der Waals surface area contributed by atoms with Gasteiger partial charge in [-0.25, -0.2) is 8.78 Å². The highest BCUT2D eigenvalue weighted by Gasteiger charge is 2.32. The van der Waals surface area contributed by atoms with Crippen LogP contribution >= 0.6 is 0 Å².